The monoisotopic (exact) mass is 257 g/mol. The number of benzene rings is 1. The Morgan fingerprint density at radius 3 is 2.89 bits per heavy atom. The Kier molecular flexibility index (Phi) is 2.31. The van der Waals surface area contributed by atoms with Crippen LogP contribution in [0.25, 0.3) is 22.2 Å². The summed E-state index contributed by atoms with van der Waals surface area (Å²) in [6.07, 6.45) is 1.81. The Hall–Kier alpha value is -2.76. The molecule has 96 valence electrons. The van der Waals surface area contributed by atoms with Gasteiger partial charge in [-0.1, -0.05) is 6.07 Å². The number of aromatic nitrogens is 3. The largest absolute Gasteiger partial charge is 0.507 e. The van der Waals surface area contributed by atoms with Gasteiger partial charge in [0.2, 0.25) is 0 Å². The van der Waals surface area contributed by atoms with Crippen LogP contribution < -0.4 is 0 Å². The number of carboxylic acids is 1. The molecule has 0 aliphatic heterocycles. The van der Waals surface area contributed by atoms with Crippen molar-refractivity contribution in [3.8, 4) is 17.0 Å². The zero-order valence-corrected chi connectivity index (χ0v) is 10.1. The van der Waals surface area contributed by atoms with Gasteiger partial charge in [0.25, 0.3) is 0 Å². The molecule has 0 amide bonds. The number of nitrogens with one attached hydrogen (secondary N) is 1. The molecule has 1 aromatic carbocycles. The lowest BCUT2D eigenvalue weighted by molar-refractivity contribution is 0.0690. The van der Waals surface area contributed by atoms with Crippen LogP contribution in [0.2, 0.25) is 0 Å². The number of aryl methyl sites for hydroxylation is 1. The number of hydrogen-bond acceptors (Lipinski definition) is 3. The third-order valence-electron chi connectivity index (χ3n) is 3.08. The predicted octanol–water partition coefficient (Wildman–Crippen LogP) is 1.97. The zero-order chi connectivity index (χ0) is 13.6. The fourth-order valence-corrected chi connectivity index (χ4v) is 2.19. The van der Waals surface area contributed by atoms with Crippen molar-refractivity contribution >= 4 is 16.9 Å². The van der Waals surface area contributed by atoms with Crippen molar-refractivity contribution < 1.29 is 15.0 Å². The van der Waals surface area contributed by atoms with Crippen LogP contribution in [0, 0.1) is 0 Å². The molecular weight excluding hydrogens is 246 g/mol. The van der Waals surface area contributed by atoms with Crippen molar-refractivity contribution in [2.45, 2.75) is 0 Å². The van der Waals surface area contributed by atoms with Crippen LogP contribution in [0.4, 0.5) is 0 Å². The smallest absolute Gasteiger partial charge is 0.353 e. The van der Waals surface area contributed by atoms with Crippen LogP contribution in [0.3, 0.4) is 0 Å². The van der Waals surface area contributed by atoms with E-state index in [1.165, 1.54) is 6.07 Å². The van der Waals surface area contributed by atoms with Crippen LogP contribution in [0.15, 0.2) is 30.5 Å². The molecule has 0 radical (unpaired) electrons. The number of phenolic OH excluding ortho intramolecular Hbond substituents is 1. The van der Waals surface area contributed by atoms with E-state index in [9.17, 15) is 9.90 Å². The first kappa shape index (κ1) is 11.3. The minimum absolute atomic E-state index is 0.0161. The fourth-order valence-electron chi connectivity index (χ4n) is 2.19. The van der Waals surface area contributed by atoms with Gasteiger partial charge >= 0.3 is 5.97 Å². The summed E-state index contributed by atoms with van der Waals surface area (Å²) in [5.41, 5.74) is 2.06. The summed E-state index contributed by atoms with van der Waals surface area (Å²) in [4.78, 5) is 10.9. The van der Waals surface area contributed by atoms with Crippen LogP contribution in [-0.2, 0) is 7.05 Å². The van der Waals surface area contributed by atoms with Gasteiger partial charge < -0.3 is 14.8 Å². The summed E-state index contributed by atoms with van der Waals surface area (Å²) in [5.74, 6) is -0.920. The molecule has 3 aromatic rings. The molecule has 0 fully saturated rings. The van der Waals surface area contributed by atoms with Gasteiger partial charge in [-0.05, 0) is 18.2 Å². The molecule has 3 N–H and O–H groups in total. The molecule has 2 heterocycles. The van der Waals surface area contributed by atoms with Crippen molar-refractivity contribution in [2.24, 2.45) is 7.05 Å². The van der Waals surface area contributed by atoms with Gasteiger partial charge in [-0.3, -0.25) is 5.10 Å². The highest BCUT2D eigenvalue weighted by Crippen LogP contribution is 2.35. The minimum Gasteiger partial charge on any atom is -0.507 e. The Bertz CT molecular complexity index is 786. The Labute approximate surface area is 107 Å². The lowest BCUT2D eigenvalue weighted by atomic mass is 10.1. The second kappa shape index (κ2) is 3.88. The Balaban J connectivity index is 2.27. The number of carboxylic acid groups (broad SMARTS) is 1. The number of fused-ring (bicyclic) bond motifs is 1. The number of aromatic carboxylic acids is 1. The number of carbonyl (C=O) groups is 1. The molecular formula is C13H11N3O3. The van der Waals surface area contributed by atoms with Crippen LogP contribution in [0.5, 0.6) is 5.75 Å². The Morgan fingerprint density at radius 1 is 1.42 bits per heavy atom. The highest BCUT2D eigenvalue weighted by Gasteiger charge is 2.16. The fraction of sp³-hybridized carbons (Fsp3) is 0.0769. The van der Waals surface area contributed by atoms with Gasteiger partial charge in [-0.2, -0.15) is 5.10 Å². The van der Waals surface area contributed by atoms with E-state index in [-0.39, 0.29) is 11.4 Å². The first-order chi connectivity index (χ1) is 9.08. The molecule has 0 saturated heterocycles. The summed E-state index contributed by atoms with van der Waals surface area (Å²) in [6.45, 7) is 0. The van der Waals surface area contributed by atoms with E-state index < -0.39 is 5.97 Å². The number of aromatic amines is 1. The standard InChI is InChI=1S/C13H11N3O3/c1-16-6-7(8-5-9(13(18)19)15-14-8)12-10(16)3-2-4-11(12)17/h2-6,17H,1H3,(H,14,15)(H,18,19). The third-order valence-corrected chi connectivity index (χ3v) is 3.08. The SMILES string of the molecule is Cn1cc(-c2cc(C(=O)O)[nH]n2)c2c(O)cccc21. The van der Waals surface area contributed by atoms with E-state index in [1.54, 1.807) is 12.1 Å². The van der Waals surface area contributed by atoms with Crippen molar-refractivity contribution in [2.75, 3.05) is 0 Å². The second-order valence-electron chi connectivity index (χ2n) is 4.30. The lowest BCUT2D eigenvalue weighted by Gasteiger charge is -1.98. The van der Waals surface area contributed by atoms with Gasteiger partial charge in [-0.25, -0.2) is 4.79 Å². The number of phenols is 1. The van der Waals surface area contributed by atoms with E-state index in [2.05, 4.69) is 10.2 Å². The quantitative estimate of drug-likeness (QED) is 0.654. The average Bonchev–Trinajstić information content (AvgIpc) is 2.95. The maximum atomic E-state index is 10.9. The van der Waals surface area contributed by atoms with Crippen LogP contribution >= 0.6 is 0 Å². The van der Waals surface area contributed by atoms with Gasteiger partial charge in [0.1, 0.15) is 11.4 Å². The number of H-pyrrole nitrogens is 1. The van der Waals surface area contributed by atoms with E-state index in [0.29, 0.717) is 16.6 Å². The van der Waals surface area contributed by atoms with Gasteiger partial charge in [0.15, 0.2) is 0 Å². The third kappa shape index (κ3) is 1.65. The first-order valence-corrected chi connectivity index (χ1v) is 5.64. The summed E-state index contributed by atoms with van der Waals surface area (Å²) in [7, 11) is 1.86. The summed E-state index contributed by atoms with van der Waals surface area (Å²) in [6, 6.07) is 6.68. The molecule has 0 saturated carbocycles. The Morgan fingerprint density at radius 2 is 2.21 bits per heavy atom. The molecule has 2 aromatic heterocycles. The van der Waals surface area contributed by atoms with Crippen molar-refractivity contribution in [3.05, 3.63) is 36.2 Å². The first-order valence-electron chi connectivity index (χ1n) is 5.64. The molecule has 0 bridgehead atoms. The number of nitrogens with zero attached hydrogens (tertiary/aromatic N) is 2. The van der Waals surface area contributed by atoms with Gasteiger partial charge in [0.05, 0.1) is 16.6 Å². The minimum atomic E-state index is -1.07. The van der Waals surface area contributed by atoms with Crippen molar-refractivity contribution in [1.29, 1.82) is 0 Å². The summed E-state index contributed by atoms with van der Waals surface area (Å²) < 4.78 is 1.86. The molecule has 0 atom stereocenters. The predicted molar refractivity (Wildman–Crippen MR) is 69.1 cm³/mol. The molecule has 6 nitrogen and oxygen atoms in total. The lowest BCUT2D eigenvalue weighted by Crippen LogP contribution is -1.95. The van der Waals surface area contributed by atoms with Crippen LogP contribution in [0.1, 0.15) is 10.5 Å². The van der Waals surface area contributed by atoms with Crippen molar-refractivity contribution in [1.82, 2.24) is 14.8 Å². The van der Waals surface area contributed by atoms with Gasteiger partial charge in [-0.15, -0.1) is 0 Å². The van der Waals surface area contributed by atoms with E-state index in [4.69, 9.17) is 5.11 Å². The molecule has 0 aliphatic carbocycles. The highest BCUT2D eigenvalue weighted by molar-refractivity contribution is 6.00. The zero-order valence-electron chi connectivity index (χ0n) is 10.1. The maximum absolute atomic E-state index is 10.9. The van der Waals surface area contributed by atoms with Crippen molar-refractivity contribution in [3.63, 3.8) is 0 Å². The van der Waals surface area contributed by atoms with Crippen LogP contribution in [-0.4, -0.2) is 30.9 Å². The highest BCUT2D eigenvalue weighted by atomic mass is 16.4. The molecule has 19 heavy (non-hydrogen) atoms. The topological polar surface area (TPSA) is 91.1 Å². The molecule has 6 heteroatoms. The number of hydrogen-bond donors (Lipinski definition) is 3. The second-order valence-corrected chi connectivity index (χ2v) is 4.30. The molecule has 0 aliphatic rings. The number of rotatable bonds is 2. The average molecular weight is 257 g/mol. The summed E-state index contributed by atoms with van der Waals surface area (Å²) >= 11 is 0. The molecule has 3 rings (SSSR count). The van der Waals surface area contributed by atoms with E-state index in [1.807, 2.05) is 23.9 Å². The normalized spacial score (nSPS) is 11.0. The molecule has 0 unspecified atom stereocenters. The van der Waals surface area contributed by atoms with E-state index >= 15 is 0 Å². The van der Waals surface area contributed by atoms with E-state index in [0.717, 1.165) is 5.52 Å². The maximum Gasteiger partial charge on any atom is 0.353 e. The number of aromatic hydroxyl groups is 1. The molecule has 0 spiro atoms. The van der Waals surface area contributed by atoms with Gasteiger partial charge in [0, 0.05) is 18.8 Å². The summed E-state index contributed by atoms with van der Waals surface area (Å²) in [5, 5.41) is 26.0.